The quantitative estimate of drug-likeness (QED) is 0.441. The van der Waals surface area contributed by atoms with Crippen molar-refractivity contribution in [1.82, 2.24) is 15.6 Å². The van der Waals surface area contributed by atoms with Gasteiger partial charge in [-0.3, -0.25) is 9.59 Å². The smallest absolute Gasteiger partial charge is 0.252 e. The van der Waals surface area contributed by atoms with Crippen LogP contribution in [0, 0.1) is 0 Å². The number of nitrogen functional groups attached to an aromatic ring is 1. The lowest BCUT2D eigenvalue weighted by atomic mass is 10.2. The van der Waals surface area contributed by atoms with Crippen LogP contribution >= 0.6 is 11.6 Å². The first-order valence-corrected chi connectivity index (χ1v) is 5.57. The maximum absolute atomic E-state index is 11.7. The van der Waals surface area contributed by atoms with E-state index >= 15 is 0 Å². The molecular formula is C10H14ClN5O2. The fraction of sp³-hybridized carbons (Fsp3) is 0.300. The molecule has 5 N–H and O–H groups in total. The Labute approximate surface area is 109 Å². The summed E-state index contributed by atoms with van der Waals surface area (Å²) < 4.78 is 0. The second-order valence-electron chi connectivity index (χ2n) is 3.38. The summed E-state index contributed by atoms with van der Waals surface area (Å²) >= 11 is 5.83. The molecule has 7 nitrogen and oxygen atoms in total. The van der Waals surface area contributed by atoms with Crippen molar-refractivity contribution in [2.75, 3.05) is 19.0 Å². The van der Waals surface area contributed by atoms with Gasteiger partial charge in [-0.15, -0.1) is 0 Å². The van der Waals surface area contributed by atoms with Crippen LogP contribution in [0.1, 0.15) is 16.8 Å². The highest BCUT2D eigenvalue weighted by molar-refractivity contribution is 6.33. The summed E-state index contributed by atoms with van der Waals surface area (Å²) in [5.74, 6) is 4.96. The standard InChI is InChI=1S/C10H14ClN5O2/c1-13-8(17)2-3-14-10(18)6-4-7(11)9(16-12)15-5-6/h4-5H,2-3,12H2,1H3,(H,13,17)(H,14,18)(H,15,16). The van der Waals surface area contributed by atoms with Crippen LogP contribution in [0.15, 0.2) is 12.3 Å². The summed E-state index contributed by atoms with van der Waals surface area (Å²) in [6, 6.07) is 1.44. The first-order valence-electron chi connectivity index (χ1n) is 5.19. The van der Waals surface area contributed by atoms with Crippen LogP contribution in [0.4, 0.5) is 5.82 Å². The van der Waals surface area contributed by atoms with E-state index in [2.05, 4.69) is 21.0 Å². The summed E-state index contributed by atoms with van der Waals surface area (Å²) in [7, 11) is 1.53. The highest BCUT2D eigenvalue weighted by atomic mass is 35.5. The van der Waals surface area contributed by atoms with Gasteiger partial charge in [-0.2, -0.15) is 0 Å². The molecule has 8 heteroatoms. The van der Waals surface area contributed by atoms with Crippen molar-refractivity contribution >= 4 is 29.2 Å². The summed E-state index contributed by atoms with van der Waals surface area (Å²) in [6.07, 6.45) is 1.56. The van der Waals surface area contributed by atoms with E-state index in [4.69, 9.17) is 17.4 Å². The normalized spacial score (nSPS) is 9.72. The van der Waals surface area contributed by atoms with Gasteiger partial charge in [0.1, 0.15) is 0 Å². The number of rotatable bonds is 5. The van der Waals surface area contributed by atoms with E-state index in [0.29, 0.717) is 11.4 Å². The Balaban J connectivity index is 2.56. The van der Waals surface area contributed by atoms with Crippen LogP contribution in [-0.2, 0) is 4.79 Å². The van der Waals surface area contributed by atoms with Crippen LogP contribution in [-0.4, -0.2) is 30.4 Å². The number of carbonyl (C=O) groups is 2. The Bertz CT molecular complexity index is 452. The Morgan fingerprint density at radius 3 is 2.78 bits per heavy atom. The number of hydrogen-bond acceptors (Lipinski definition) is 5. The van der Waals surface area contributed by atoms with E-state index in [-0.39, 0.29) is 29.8 Å². The molecule has 0 unspecified atom stereocenters. The number of carbonyl (C=O) groups excluding carboxylic acids is 2. The minimum absolute atomic E-state index is 0.144. The van der Waals surface area contributed by atoms with Crippen molar-refractivity contribution in [3.05, 3.63) is 22.8 Å². The maximum Gasteiger partial charge on any atom is 0.252 e. The Kier molecular flexibility index (Phi) is 5.34. The van der Waals surface area contributed by atoms with Gasteiger partial charge in [0.15, 0.2) is 5.82 Å². The summed E-state index contributed by atoms with van der Waals surface area (Å²) in [5, 5.41) is 5.28. The van der Waals surface area contributed by atoms with Crippen molar-refractivity contribution in [1.29, 1.82) is 0 Å². The van der Waals surface area contributed by atoms with E-state index in [1.54, 1.807) is 0 Å². The van der Waals surface area contributed by atoms with Gasteiger partial charge < -0.3 is 16.1 Å². The molecule has 0 spiro atoms. The molecule has 98 valence electrons. The van der Waals surface area contributed by atoms with Crippen molar-refractivity contribution in [3.8, 4) is 0 Å². The molecule has 1 aromatic heterocycles. The largest absolute Gasteiger partial charge is 0.359 e. The topological polar surface area (TPSA) is 109 Å². The van der Waals surface area contributed by atoms with Crippen molar-refractivity contribution in [2.24, 2.45) is 5.84 Å². The SMILES string of the molecule is CNC(=O)CCNC(=O)c1cnc(NN)c(Cl)c1. The molecule has 0 aliphatic heterocycles. The van der Waals surface area contributed by atoms with Crippen LogP contribution in [0.25, 0.3) is 0 Å². The van der Waals surface area contributed by atoms with Crippen molar-refractivity contribution < 1.29 is 9.59 Å². The molecule has 2 amide bonds. The summed E-state index contributed by atoms with van der Waals surface area (Å²) in [6.45, 7) is 0.243. The number of nitrogens with two attached hydrogens (primary N) is 1. The molecule has 0 saturated carbocycles. The molecule has 1 heterocycles. The molecule has 0 aliphatic rings. The van der Waals surface area contributed by atoms with Gasteiger partial charge in [-0.05, 0) is 6.07 Å². The molecular weight excluding hydrogens is 258 g/mol. The zero-order chi connectivity index (χ0) is 13.5. The lowest BCUT2D eigenvalue weighted by molar-refractivity contribution is -0.120. The number of nitrogens with zero attached hydrogens (tertiary/aromatic N) is 1. The zero-order valence-corrected chi connectivity index (χ0v) is 10.5. The molecule has 18 heavy (non-hydrogen) atoms. The number of anilines is 1. The maximum atomic E-state index is 11.7. The highest BCUT2D eigenvalue weighted by Crippen LogP contribution is 2.18. The lowest BCUT2D eigenvalue weighted by Gasteiger charge is -2.06. The van der Waals surface area contributed by atoms with E-state index in [0.717, 1.165) is 0 Å². The molecule has 0 saturated heterocycles. The zero-order valence-electron chi connectivity index (χ0n) is 9.79. The van der Waals surface area contributed by atoms with Gasteiger partial charge in [0.05, 0.1) is 10.6 Å². The van der Waals surface area contributed by atoms with Gasteiger partial charge in [-0.1, -0.05) is 11.6 Å². The van der Waals surface area contributed by atoms with Crippen LogP contribution in [0.3, 0.4) is 0 Å². The van der Waals surface area contributed by atoms with E-state index in [9.17, 15) is 9.59 Å². The van der Waals surface area contributed by atoms with Gasteiger partial charge in [0.2, 0.25) is 5.91 Å². The first kappa shape index (κ1) is 14.2. The minimum Gasteiger partial charge on any atom is -0.359 e. The molecule has 1 rings (SSSR count). The third-order valence-electron chi connectivity index (χ3n) is 2.16. The molecule has 1 aromatic rings. The molecule has 0 radical (unpaired) electrons. The van der Waals surface area contributed by atoms with Crippen molar-refractivity contribution in [2.45, 2.75) is 6.42 Å². The van der Waals surface area contributed by atoms with Gasteiger partial charge >= 0.3 is 0 Å². The predicted molar refractivity (Wildman–Crippen MR) is 68.1 cm³/mol. The predicted octanol–water partition coefficient (Wildman–Crippen LogP) is -0.113. The summed E-state index contributed by atoms with van der Waals surface area (Å²) in [5.41, 5.74) is 2.60. The minimum atomic E-state index is -0.350. The average molecular weight is 272 g/mol. The third kappa shape index (κ3) is 3.86. The van der Waals surface area contributed by atoms with Crippen LogP contribution < -0.4 is 21.9 Å². The lowest BCUT2D eigenvalue weighted by Crippen LogP contribution is -2.29. The Morgan fingerprint density at radius 2 is 2.22 bits per heavy atom. The first-order chi connectivity index (χ1) is 8.58. The average Bonchev–Trinajstić information content (AvgIpc) is 2.38. The van der Waals surface area contributed by atoms with Crippen LogP contribution in [0.5, 0.6) is 0 Å². The second-order valence-corrected chi connectivity index (χ2v) is 3.79. The Hall–Kier alpha value is -1.86. The van der Waals surface area contributed by atoms with Gasteiger partial charge in [0.25, 0.3) is 5.91 Å². The second kappa shape index (κ2) is 6.77. The van der Waals surface area contributed by atoms with Gasteiger partial charge in [-0.25, -0.2) is 10.8 Å². The highest BCUT2D eigenvalue weighted by Gasteiger charge is 2.09. The fourth-order valence-corrected chi connectivity index (χ4v) is 1.41. The molecule has 0 fully saturated rings. The van der Waals surface area contributed by atoms with E-state index in [1.807, 2.05) is 0 Å². The number of hydrazine groups is 1. The number of nitrogens with one attached hydrogen (secondary N) is 3. The van der Waals surface area contributed by atoms with Crippen LogP contribution in [0.2, 0.25) is 5.02 Å². The number of amides is 2. The number of pyridine rings is 1. The monoisotopic (exact) mass is 271 g/mol. The molecule has 0 bridgehead atoms. The number of halogens is 1. The van der Waals surface area contributed by atoms with E-state index < -0.39 is 0 Å². The van der Waals surface area contributed by atoms with Gasteiger partial charge in [0, 0.05) is 26.2 Å². The molecule has 0 atom stereocenters. The fourth-order valence-electron chi connectivity index (χ4n) is 1.18. The third-order valence-corrected chi connectivity index (χ3v) is 2.44. The molecule has 0 aromatic carbocycles. The molecule has 0 aliphatic carbocycles. The summed E-state index contributed by atoms with van der Waals surface area (Å²) in [4.78, 5) is 26.5. The van der Waals surface area contributed by atoms with E-state index in [1.165, 1.54) is 19.3 Å². The number of hydrogen-bond donors (Lipinski definition) is 4. The van der Waals surface area contributed by atoms with Crippen molar-refractivity contribution in [3.63, 3.8) is 0 Å². The Morgan fingerprint density at radius 1 is 1.50 bits per heavy atom. The number of aromatic nitrogens is 1.